The predicted molar refractivity (Wildman–Crippen MR) is 184 cm³/mol. The van der Waals surface area contributed by atoms with Crippen molar-refractivity contribution in [2.45, 2.75) is 167 Å². The first-order valence-corrected chi connectivity index (χ1v) is 17.5. The number of benzene rings is 1. The highest BCUT2D eigenvalue weighted by Gasteiger charge is 2.72. The molecule has 5 nitrogen and oxygen atoms in total. The molecule has 0 spiro atoms. The average molecular weight is 617 g/mol. The van der Waals surface area contributed by atoms with Crippen LogP contribution in [0.1, 0.15) is 162 Å². The molecule has 0 bridgehead atoms. The second-order valence-corrected chi connectivity index (χ2v) is 15.4. The number of phenolic OH excluding ortho intramolecular Hbond substituents is 1. The van der Waals surface area contributed by atoms with Crippen molar-refractivity contribution < 1.29 is 24.2 Å². The molecule has 2 unspecified atom stereocenters. The summed E-state index contributed by atoms with van der Waals surface area (Å²) in [5.74, 6) is 0.0908. The zero-order valence-corrected chi connectivity index (χ0v) is 31.3. The molecule has 0 aromatic heterocycles. The summed E-state index contributed by atoms with van der Waals surface area (Å²) in [5.41, 5.74) is -4.27. The Balaban J connectivity index is 4.41. The van der Waals surface area contributed by atoms with Crippen molar-refractivity contribution in [3.8, 4) is 11.5 Å². The standard InChI is InChI=1S/C39H68O5/c1-16-34(12,17-2)28-36(14,31(41)43-30-26-24-29(40)25-27-30)38(20-5,21-6)39(22-7,23-8)37(15,35(13,18-3)19-4)32(42)44-33(9,10)11/h24-27,40H,16-23,28H2,1-15H3. The molecule has 0 amide bonds. The summed E-state index contributed by atoms with van der Waals surface area (Å²) in [7, 11) is 0. The molecule has 254 valence electrons. The Morgan fingerprint density at radius 2 is 1.05 bits per heavy atom. The van der Waals surface area contributed by atoms with Gasteiger partial charge >= 0.3 is 11.9 Å². The zero-order chi connectivity index (χ0) is 34.4. The van der Waals surface area contributed by atoms with Gasteiger partial charge in [-0.15, -0.1) is 0 Å². The van der Waals surface area contributed by atoms with E-state index in [0.29, 0.717) is 37.9 Å². The maximum atomic E-state index is 15.0. The third-order valence-corrected chi connectivity index (χ3v) is 12.9. The van der Waals surface area contributed by atoms with Crippen molar-refractivity contribution in [2.24, 2.45) is 32.5 Å². The van der Waals surface area contributed by atoms with Crippen LogP contribution in [-0.2, 0) is 14.3 Å². The van der Waals surface area contributed by atoms with E-state index < -0.39 is 32.7 Å². The van der Waals surface area contributed by atoms with Gasteiger partial charge in [-0.25, -0.2) is 0 Å². The average Bonchev–Trinajstić information content (AvgIpc) is 2.99. The van der Waals surface area contributed by atoms with E-state index in [2.05, 4.69) is 83.1 Å². The molecule has 44 heavy (non-hydrogen) atoms. The molecule has 1 N–H and O–H groups in total. The minimum absolute atomic E-state index is 0.118. The Morgan fingerprint density at radius 1 is 0.614 bits per heavy atom. The number of rotatable bonds is 17. The van der Waals surface area contributed by atoms with Gasteiger partial charge < -0.3 is 14.6 Å². The highest BCUT2D eigenvalue weighted by molar-refractivity contribution is 5.82. The van der Waals surface area contributed by atoms with Gasteiger partial charge in [-0.3, -0.25) is 9.59 Å². The number of aromatic hydroxyl groups is 1. The molecule has 2 atom stereocenters. The van der Waals surface area contributed by atoms with Crippen LogP contribution in [0.25, 0.3) is 0 Å². The molecular weight excluding hydrogens is 548 g/mol. The van der Waals surface area contributed by atoms with Crippen LogP contribution in [0.3, 0.4) is 0 Å². The molecule has 0 fully saturated rings. The quantitative estimate of drug-likeness (QED) is 0.139. The first kappa shape index (κ1) is 40.0. The number of ether oxygens (including phenoxy) is 2. The number of hydrogen-bond donors (Lipinski definition) is 1. The Kier molecular flexibility index (Phi) is 13.3. The van der Waals surface area contributed by atoms with Crippen LogP contribution in [-0.4, -0.2) is 22.6 Å². The highest BCUT2D eigenvalue weighted by atomic mass is 16.6. The molecule has 0 saturated heterocycles. The van der Waals surface area contributed by atoms with Gasteiger partial charge in [0.2, 0.25) is 0 Å². The maximum Gasteiger partial charge on any atom is 0.317 e. The number of esters is 2. The summed E-state index contributed by atoms with van der Waals surface area (Å²) >= 11 is 0. The van der Waals surface area contributed by atoms with E-state index in [1.54, 1.807) is 24.3 Å². The summed E-state index contributed by atoms with van der Waals surface area (Å²) in [6.45, 7) is 32.3. The molecule has 0 heterocycles. The van der Waals surface area contributed by atoms with Crippen LogP contribution >= 0.6 is 0 Å². The predicted octanol–water partition coefficient (Wildman–Crippen LogP) is 11.3. The minimum Gasteiger partial charge on any atom is -0.508 e. The van der Waals surface area contributed by atoms with Crippen LogP contribution in [0.5, 0.6) is 11.5 Å². The lowest BCUT2D eigenvalue weighted by atomic mass is 9.35. The minimum atomic E-state index is -0.952. The normalized spacial score (nSPS) is 16.2. The molecule has 0 aliphatic heterocycles. The fourth-order valence-corrected chi connectivity index (χ4v) is 9.23. The van der Waals surface area contributed by atoms with Gasteiger partial charge in [0.1, 0.15) is 17.1 Å². The van der Waals surface area contributed by atoms with Crippen LogP contribution in [0.15, 0.2) is 24.3 Å². The van der Waals surface area contributed by atoms with E-state index in [1.807, 2.05) is 20.8 Å². The molecule has 1 rings (SSSR count). The highest BCUT2D eigenvalue weighted by Crippen LogP contribution is 2.73. The smallest absolute Gasteiger partial charge is 0.317 e. The van der Waals surface area contributed by atoms with Crippen molar-refractivity contribution in [3.63, 3.8) is 0 Å². The van der Waals surface area contributed by atoms with Crippen LogP contribution < -0.4 is 4.74 Å². The van der Waals surface area contributed by atoms with Gasteiger partial charge in [-0.1, -0.05) is 82.1 Å². The topological polar surface area (TPSA) is 72.8 Å². The summed E-state index contributed by atoms with van der Waals surface area (Å²) in [4.78, 5) is 29.9. The monoisotopic (exact) mass is 617 g/mol. The molecule has 1 aromatic carbocycles. The summed E-state index contributed by atoms with van der Waals surface area (Å²) in [5, 5.41) is 9.90. The fraction of sp³-hybridized carbons (Fsp3) is 0.795. The van der Waals surface area contributed by atoms with Crippen LogP contribution in [0.4, 0.5) is 0 Å². The number of carbonyl (C=O) groups is 2. The van der Waals surface area contributed by atoms with Crippen LogP contribution in [0.2, 0.25) is 0 Å². The van der Waals surface area contributed by atoms with Crippen molar-refractivity contribution in [2.75, 3.05) is 0 Å². The van der Waals surface area contributed by atoms with E-state index >= 15 is 0 Å². The SMILES string of the molecule is CCC(C)(CC)CC(C)(C(=O)Oc1ccc(O)cc1)C(CC)(CC)C(CC)(CC)C(C)(C(=O)OC(C)(C)C)C(C)(CC)CC. The van der Waals surface area contributed by atoms with Crippen molar-refractivity contribution >= 4 is 11.9 Å². The van der Waals surface area contributed by atoms with Gasteiger partial charge in [-0.05, 0) is 125 Å². The molecular formula is C39H68O5. The van der Waals surface area contributed by atoms with Gasteiger partial charge in [0, 0.05) is 0 Å². The van der Waals surface area contributed by atoms with E-state index in [0.717, 1.165) is 25.7 Å². The Bertz CT molecular complexity index is 1060. The number of carbonyl (C=O) groups excluding carboxylic acids is 2. The van der Waals surface area contributed by atoms with Crippen molar-refractivity contribution in [1.29, 1.82) is 0 Å². The summed E-state index contributed by atoms with van der Waals surface area (Å²) in [6, 6.07) is 6.39. The molecule has 0 aliphatic carbocycles. The Hall–Kier alpha value is -2.04. The second-order valence-electron chi connectivity index (χ2n) is 15.4. The number of phenols is 1. The second kappa shape index (κ2) is 14.6. The largest absolute Gasteiger partial charge is 0.508 e. The first-order chi connectivity index (χ1) is 20.2. The van der Waals surface area contributed by atoms with Gasteiger partial charge in [-0.2, -0.15) is 0 Å². The maximum absolute atomic E-state index is 15.0. The van der Waals surface area contributed by atoms with Gasteiger partial charge in [0.05, 0.1) is 10.8 Å². The van der Waals surface area contributed by atoms with Crippen LogP contribution in [0, 0.1) is 32.5 Å². The van der Waals surface area contributed by atoms with E-state index in [-0.39, 0.29) is 23.1 Å². The Labute approximate surface area is 271 Å². The van der Waals surface area contributed by atoms with E-state index in [9.17, 15) is 14.7 Å². The van der Waals surface area contributed by atoms with Crippen molar-refractivity contribution in [1.82, 2.24) is 0 Å². The summed E-state index contributed by atoms with van der Waals surface area (Å²) in [6.07, 6.45) is 6.93. The molecule has 0 radical (unpaired) electrons. The Morgan fingerprint density at radius 3 is 1.39 bits per heavy atom. The molecule has 5 heteroatoms. The number of hydrogen-bond acceptors (Lipinski definition) is 5. The van der Waals surface area contributed by atoms with Gasteiger partial charge in [0.25, 0.3) is 0 Å². The molecule has 1 aromatic rings. The molecule has 0 aliphatic rings. The zero-order valence-electron chi connectivity index (χ0n) is 31.3. The van der Waals surface area contributed by atoms with E-state index in [4.69, 9.17) is 9.47 Å². The molecule has 0 saturated carbocycles. The lowest BCUT2D eigenvalue weighted by Crippen LogP contribution is -2.68. The lowest BCUT2D eigenvalue weighted by molar-refractivity contribution is -0.236. The first-order valence-electron chi connectivity index (χ1n) is 17.5. The third-order valence-electron chi connectivity index (χ3n) is 12.9. The van der Waals surface area contributed by atoms with Gasteiger partial charge in [0.15, 0.2) is 0 Å². The summed E-state index contributed by atoms with van der Waals surface area (Å²) < 4.78 is 12.7. The van der Waals surface area contributed by atoms with E-state index in [1.165, 1.54) is 0 Å². The third kappa shape index (κ3) is 6.73. The van der Waals surface area contributed by atoms with Crippen molar-refractivity contribution in [3.05, 3.63) is 24.3 Å². The fourth-order valence-electron chi connectivity index (χ4n) is 9.23. The lowest BCUT2D eigenvalue weighted by Gasteiger charge is -2.68.